The van der Waals surface area contributed by atoms with Gasteiger partial charge in [-0.1, -0.05) is 6.92 Å². The van der Waals surface area contributed by atoms with E-state index in [1.54, 1.807) is 19.9 Å². The number of carbonyl (C=O) groups excluding carboxylic acids is 1. The van der Waals surface area contributed by atoms with Crippen molar-refractivity contribution in [2.24, 2.45) is 0 Å². The quantitative estimate of drug-likeness (QED) is 0.627. The topological polar surface area (TPSA) is 65.7 Å². The van der Waals surface area contributed by atoms with Crippen LogP contribution in [-0.2, 0) is 9.53 Å². The fraction of sp³-hybridized carbons (Fsp3) is 0.412. The summed E-state index contributed by atoms with van der Waals surface area (Å²) in [5.74, 6) is 0.122. The lowest BCUT2D eigenvalue weighted by molar-refractivity contribution is -0.151. The molecular weight excluding hydrogens is 284 g/mol. The summed E-state index contributed by atoms with van der Waals surface area (Å²) in [6.45, 7) is 7.57. The lowest BCUT2D eigenvalue weighted by Crippen LogP contribution is -2.29. The summed E-state index contributed by atoms with van der Waals surface area (Å²) in [5.41, 5.74) is 1.63. The van der Waals surface area contributed by atoms with Crippen molar-refractivity contribution in [2.75, 3.05) is 6.61 Å². The first-order valence-electron chi connectivity index (χ1n) is 7.35. The highest BCUT2D eigenvalue weighted by Crippen LogP contribution is 2.29. The number of rotatable bonds is 5. The third-order valence-electron chi connectivity index (χ3n) is 3.51. The molecule has 2 rings (SSSR count). The van der Waals surface area contributed by atoms with Gasteiger partial charge in [-0.15, -0.1) is 0 Å². The van der Waals surface area contributed by atoms with Crippen LogP contribution in [0.1, 0.15) is 31.4 Å². The summed E-state index contributed by atoms with van der Waals surface area (Å²) >= 11 is 0. The van der Waals surface area contributed by atoms with Gasteiger partial charge in [0.05, 0.1) is 6.61 Å². The molecule has 0 aliphatic rings. The van der Waals surface area contributed by atoms with Crippen LogP contribution in [0.2, 0.25) is 0 Å². The second kappa shape index (κ2) is 6.64. The Labute approximate surface area is 128 Å². The van der Waals surface area contributed by atoms with Crippen LogP contribution in [0, 0.1) is 13.8 Å². The van der Waals surface area contributed by atoms with Crippen LogP contribution in [-0.4, -0.2) is 18.7 Å². The Bertz CT molecular complexity index is 745. The lowest BCUT2D eigenvalue weighted by Gasteiger charge is -2.18. The van der Waals surface area contributed by atoms with Crippen molar-refractivity contribution in [3.8, 4) is 5.75 Å². The molecule has 1 atom stereocenters. The van der Waals surface area contributed by atoms with Crippen molar-refractivity contribution in [2.45, 2.75) is 40.2 Å². The predicted octanol–water partition coefficient (Wildman–Crippen LogP) is 3.13. The van der Waals surface area contributed by atoms with Crippen LogP contribution in [0.25, 0.3) is 11.0 Å². The van der Waals surface area contributed by atoms with Gasteiger partial charge in [0.25, 0.3) is 0 Å². The van der Waals surface area contributed by atoms with Crippen molar-refractivity contribution in [3.63, 3.8) is 0 Å². The van der Waals surface area contributed by atoms with E-state index in [9.17, 15) is 9.59 Å². The molecule has 0 radical (unpaired) electrons. The molecule has 5 heteroatoms. The number of benzene rings is 1. The van der Waals surface area contributed by atoms with Gasteiger partial charge in [-0.2, -0.15) is 0 Å². The summed E-state index contributed by atoms with van der Waals surface area (Å²) in [4.78, 5) is 23.4. The average molecular weight is 304 g/mol. The maximum atomic E-state index is 11.8. The normalized spacial score (nSPS) is 12.2. The monoisotopic (exact) mass is 304 g/mol. The van der Waals surface area contributed by atoms with E-state index in [2.05, 4.69) is 0 Å². The molecule has 1 heterocycles. The van der Waals surface area contributed by atoms with E-state index in [4.69, 9.17) is 13.9 Å². The minimum atomic E-state index is -0.673. The third kappa shape index (κ3) is 3.13. The number of hydrogen-bond donors (Lipinski definition) is 0. The molecule has 0 aliphatic heterocycles. The van der Waals surface area contributed by atoms with Crippen LogP contribution < -0.4 is 10.4 Å². The summed E-state index contributed by atoms with van der Waals surface area (Å²) in [6, 6.07) is 5.07. The summed E-state index contributed by atoms with van der Waals surface area (Å²) < 4.78 is 16.0. The zero-order valence-corrected chi connectivity index (χ0v) is 13.3. The lowest BCUT2D eigenvalue weighted by atomic mass is 10.1. The zero-order valence-electron chi connectivity index (χ0n) is 13.3. The highest BCUT2D eigenvalue weighted by Gasteiger charge is 2.21. The fourth-order valence-corrected chi connectivity index (χ4v) is 2.31. The molecular formula is C17H20O5. The number of aryl methyl sites for hydroxylation is 2. The Hall–Kier alpha value is -2.30. The minimum Gasteiger partial charge on any atom is -0.478 e. The third-order valence-corrected chi connectivity index (χ3v) is 3.51. The second-order valence-corrected chi connectivity index (χ2v) is 5.08. The van der Waals surface area contributed by atoms with Crippen LogP contribution >= 0.6 is 0 Å². The molecule has 1 aromatic heterocycles. The molecule has 0 bridgehead atoms. The number of ether oxygens (including phenoxy) is 2. The van der Waals surface area contributed by atoms with Gasteiger partial charge < -0.3 is 13.9 Å². The van der Waals surface area contributed by atoms with Gasteiger partial charge in [0, 0.05) is 17.0 Å². The van der Waals surface area contributed by atoms with Gasteiger partial charge in [0.1, 0.15) is 11.3 Å². The molecule has 0 saturated heterocycles. The van der Waals surface area contributed by atoms with Crippen molar-refractivity contribution >= 4 is 16.9 Å². The second-order valence-electron chi connectivity index (χ2n) is 5.08. The van der Waals surface area contributed by atoms with E-state index in [0.717, 1.165) is 10.9 Å². The Balaban J connectivity index is 2.42. The first kappa shape index (κ1) is 16.1. The molecule has 0 fully saturated rings. The standard InChI is InChI=1S/C17H20O5/c1-5-13(17(19)20-6-2)21-14-8-7-12-10(3)9-15(18)22-16(12)11(14)4/h7-9,13H,5-6H2,1-4H3/t13-/m1/s1. The van der Waals surface area contributed by atoms with E-state index < -0.39 is 17.7 Å². The first-order valence-corrected chi connectivity index (χ1v) is 7.35. The highest BCUT2D eigenvalue weighted by molar-refractivity contribution is 5.85. The SMILES string of the molecule is CCOC(=O)[C@@H](CC)Oc1ccc2c(C)cc(=O)oc2c1C. The number of esters is 1. The molecule has 2 aromatic rings. The van der Waals surface area contributed by atoms with Crippen LogP contribution in [0.15, 0.2) is 27.4 Å². The molecule has 118 valence electrons. The van der Waals surface area contributed by atoms with Crippen LogP contribution in [0.4, 0.5) is 0 Å². The smallest absolute Gasteiger partial charge is 0.347 e. The summed E-state index contributed by atoms with van der Waals surface area (Å²) in [6.07, 6.45) is -0.179. The summed E-state index contributed by atoms with van der Waals surface area (Å²) in [7, 11) is 0. The van der Waals surface area contributed by atoms with Crippen molar-refractivity contribution in [1.29, 1.82) is 0 Å². The molecule has 0 saturated carbocycles. The molecule has 0 aliphatic carbocycles. The fourth-order valence-electron chi connectivity index (χ4n) is 2.31. The molecule has 0 N–H and O–H groups in total. The van der Waals surface area contributed by atoms with Crippen molar-refractivity contribution in [3.05, 3.63) is 39.7 Å². The highest BCUT2D eigenvalue weighted by atomic mass is 16.6. The number of fused-ring (bicyclic) bond motifs is 1. The predicted molar refractivity (Wildman–Crippen MR) is 83.3 cm³/mol. The molecule has 0 amide bonds. The van der Waals surface area contributed by atoms with E-state index in [0.29, 0.717) is 29.9 Å². The average Bonchev–Trinajstić information content (AvgIpc) is 2.47. The van der Waals surface area contributed by atoms with Crippen LogP contribution in [0.3, 0.4) is 0 Å². The Morgan fingerprint density at radius 2 is 2.00 bits per heavy atom. The molecule has 5 nitrogen and oxygen atoms in total. The minimum absolute atomic E-state index is 0.309. The molecule has 0 unspecified atom stereocenters. The molecule has 1 aromatic carbocycles. The molecule has 22 heavy (non-hydrogen) atoms. The van der Waals surface area contributed by atoms with E-state index in [1.165, 1.54) is 6.07 Å². The van der Waals surface area contributed by atoms with Gasteiger partial charge in [0.2, 0.25) is 0 Å². The van der Waals surface area contributed by atoms with Gasteiger partial charge in [-0.05, 0) is 44.9 Å². The number of carbonyl (C=O) groups is 1. The van der Waals surface area contributed by atoms with Gasteiger partial charge in [0.15, 0.2) is 6.10 Å². The van der Waals surface area contributed by atoms with Gasteiger partial charge in [-0.3, -0.25) is 0 Å². The number of hydrogen-bond acceptors (Lipinski definition) is 5. The maximum absolute atomic E-state index is 11.8. The Kier molecular flexibility index (Phi) is 4.85. The largest absolute Gasteiger partial charge is 0.478 e. The van der Waals surface area contributed by atoms with Crippen molar-refractivity contribution < 1.29 is 18.7 Å². The van der Waals surface area contributed by atoms with Gasteiger partial charge in [-0.25, -0.2) is 9.59 Å². The van der Waals surface area contributed by atoms with E-state index in [-0.39, 0.29) is 0 Å². The zero-order chi connectivity index (χ0) is 16.3. The van der Waals surface area contributed by atoms with Gasteiger partial charge >= 0.3 is 11.6 Å². The maximum Gasteiger partial charge on any atom is 0.347 e. The Morgan fingerprint density at radius 1 is 1.27 bits per heavy atom. The Morgan fingerprint density at radius 3 is 2.64 bits per heavy atom. The van der Waals surface area contributed by atoms with E-state index in [1.807, 2.05) is 19.9 Å². The van der Waals surface area contributed by atoms with E-state index >= 15 is 0 Å². The first-order chi connectivity index (χ1) is 10.5. The summed E-state index contributed by atoms with van der Waals surface area (Å²) in [5, 5.41) is 0.855. The molecule has 0 spiro atoms. The van der Waals surface area contributed by atoms with Crippen LogP contribution in [0.5, 0.6) is 5.75 Å². The van der Waals surface area contributed by atoms with Crippen molar-refractivity contribution in [1.82, 2.24) is 0 Å².